The van der Waals surface area contributed by atoms with Gasteiger partial charge >= 0.3 is 5.97 Å². The predicted molar refractivity (Wildman–Crippen MR) is 90.2 cm³/mol. The highest BCUT2D eigenvalue weighted by atomic mass is 16.4. The SMILES string of the molecule is C=C(C(=O)O)C1CCCCC1.O=C1CCCC(=O)N1CCCCO. The number of aliphatic carboxylic acids is 1. The summed E-state index contributed by atoms with van der Waals surface area (Å²) in [4.78, 5) is 34.3. The van der Waals surface area contributed by atoms with Crippen molar-refractivity contribution in [1.82, 2.24) is 4.90 Å². The van der Waals surface area contributed by atoms with Crippen LogP contribution in [-0.2, 0) is 14.4 Å². The Morgan fingerprint density at radius 3 is 2.12 bits per heavy atom. The van der Waals surface area contributed by atoms with Gasteiger partial charge in [-0.25, -0.2) is 4.79 Å². The van der Waals surface area contributed by atoms with E-state index in [9.17, 15) is 14.4 Å². The van der Waals surface area contributed by atoms with Gasteiger partial charge in [-0.3, -0.25) is 14.5 Å². The van der Waals surface area contributed by atoms with Crippen molar-refractivity contribution in [3.05, 3.63) is 12.2 Å². The second kappa shape index (κ2) is 11.0. The smallest absolute Gasteiger partial charge is 0.331 e. The standard InChI is InChI=1S/C9H15NO3.C9H14O2/c11-7-2-1-6-10-8(12)4-3-5-9(10)13;1-7(9(10)11)8-5-3-2-4-6-8/h11H,1-7H2;8H,1-6H2,(H,10,11). The maximum atomic E-state index is 11.2. The number of likely N-dealkylation sites (tertiary alicyclic amines) is 1. The Morgan fingerprint density at radius 1 is 1.04 bits per heavy atom. The summed E-state index contributed by atoms with van der Waals surface area (Å²) in [6.07, 6.45) is 8.64. The minimum absolute atomic E-state index is 0.0609. The number of amides is 2. The molecule has 6 heteroatoms. The number of hydrogen-bond acceptors (Lipinski definition) is 4. The molecule has 1 aliphatic heterocycles. The number of carboxylic acids is 1. The van der Waals surface area contributed by atoms with Crippen molar-refractivity contribution in [2.75, 3.05) is 13.2 Å². The van der Waals surface area contributed by atoms with Crippen molar-refractivity contribution in [2.24, 2.45) is 5.92 Å². The van der Waals surface area contributed by atoms with Crippen LogP contribution in [0.25, 0.3) is 0 Å². The van der Waals surface area contributed by atoms with Gasteiger partial charge in [0.15, 0.2) is 0 Å². The van der Waals surface area contributed by atoms with Gasteiger partial charge in [0, 0.05) is 31.6 Å². The van der Waals surface area contributed by atoms with Crippen molar-refractivity contribution < 1.29 is 24.6 Å². The quantitative estimate of drug-likeness (QED) is 0.440. The molecule has 6 nitrogen and oxygen atoms in total. The van der Waals surface area contributed by atoms with Crippen molar-refractivity contribution in [3.63, 3.8) is 0 Å². The van der Waals surface area contributed by atoms with E-state index >= 15 is 0 Å². The van der Waals surface area contributed by atoms with E-state index < -0.39 is 5.97 Å². The van der Waals surface area contributed by atoms with E-state index in [0.29, 0.717) is 44.2 Å². The maximum absolute atomic E-state index is 11.2. The molecule has 0 atom stereocenters. The average Bonchev–Trinajstić information content (AvgIpc) is 2.58. The van der Waals surface area contributed by atoms with Crippen LogP contribution >= 0.6 is 0 Å². The Kier molecular flexibility index (Phi) is 9.30. The second-order valence-electron chi connectivity index (χ2n) is 6.39. The highest BCUT2D eigenvalue weighted by molar-refractivity contribution is 5.97. The molecule has 2 aliphatic rings. The number of piperidine rings is 1. The summed E-state index contributed by atoms with van der Waals surface area (Å²) in [6.45, 7) is 4.17. The predicted octanol–water partition coefficient (Wildman–Crippen LogP) is 2.51. The molecule has 0 aromatic heterocycles. The van der Waals surface area contributed by atoms with Crippen molar-refractivity contribution in [1.29, 1.82) is 0 Å². The summed E-state index contributed by atoms with van der Waals surface area (Å²) in [5.74, 6) is -0.693. The van der Waals surface area contributed by atoms with E-state index in [0.717, 1.165) is 25.7 Å². The van der Waals surface area contributed by atoms with Gasteiger partial charge in [-0.2, -0.15) is 0 Å². The van der Waals surface area contributed by atoms with E-state index in [-0.39, 0.29) is 24.3 Å². The number of carboxylic acid groups (broad SMARTS) is 1. The van der Waals surface area contributed by atoms with E-state index in [1.807, 2.05) is 0 Å². The second-order valence-corrected chi connectivity index (χ2v) is 6.39. The normalized spacial score (nSPS) is 18.8. The molecular weight excluding hydrogens is 310 g/mol. The number of carbonyl (C=O) groups excluding carboxylic acids is 2. The largest absolute Gasteiger partial charge is 0.478 e. The van der Waals surface area contributed by atoms with Crippen molar-refractivity contribution >= 4 is 17.8 Å². The van der Waals surface area contributed by atoms with Gasteiger partial charge in [0.25, 0.3) is 0 Å². The minimum atomic E-state index is -0.822. The van der Waals surface area contributed by atoms with Crippen LogP contribution in [0.15, 0.2) is 12.2 Å². The number of carbonyl (C=O) groups is 3. The number of rotatable bonds is 6. The van der Waals surface area contributed by atoms with Crippen LogP contribution in [-0.4, -0.2) is 46.0 Å². The summed E-state index contributed by atoms with van der Waals surface area (Å²) in [5, 5.41) is 17.2. The van der Waals surface area contributed by atoms with Crippen LogP contribution in [0, 0.1) is 5.92 Å². The molecule has 2 fully saturated rings. The molecule has 0 unspecified atom stereocenters. The van der Waals surface area contributed by atoms with Crippen LogP contribution in [0.5, 0.6) is 0 Å². The van der Waals surface area contributed by atoms with Crippen LogP contribution in [0.1, 0.15) is 64.2 Å². The Hall–Kier alpha value is -1.69. The zero-order valence-electron chi connectivity index (χ0n) is 14.3. The lowest BCUT2D eigenvalue weighted by Gasteiger charge is -2.24. The molecule has 0 spiro atoms. The minimum Gasteiger partial charge on any atom is -0.478 e. The summed E-state index contributed by atoms with van der Waals surface area (Å²) >= 11 is 0. The zero-order valence-corrected chi connectivity index (χ0v) is 14.3. The molecule has 2 N–H and O–H groups in total. The first-order valence-electron chi connectivity index (χ1n) is 8.83. The number of hydrogen-bond donors (Lipinski definition) is 2. The summed E-state index contributed by atoms with van der Waals surface area (Å²) in [6, 6.07) is 0. The third kappa shape index (κ3) is 6.83. The molecule has 1 saturated carbocycles. The average molecular weight is 339 g/mol. The van der Waals surface area contributed by atoms with Gasteiger partial charge in [0.2, 0.25) is 11.8 Å². The van der Waals surface area contributed by atoms with Crippen LogP contribution < -0.4 is 0 Å². The molecule has 2 amide bonds. The molecule has 24 heavy (non-hydrogen) atoms. The molecule has 0 aromatic carbocycles. The highest BCUT2D eigenvalue weighted by Gasteiger charge is 2.24. The van der Waals surface area contributed by atoms with E-state index in [1.54, 1.807) is 0 Å². The number of aliphatic hydroxyl groups is 1. The number of imide groups is 1. The molecule has 0 radical (unpaired) electrons. The van der Waals surface area contributed by atoms with Crippen molar-refractivity contribution in [2.45, 2.75) is 64.2 Å². The molecule has 0 bridgehead atoms. The number of nitrogens with zero attached hydrogens (tertiary/aromatic N) is 1. The number of unbranched alkanes of at least 4 members (excludes halogenated alkanes) is 1. The molecule has 2 rings (SSSR count). The van der Waals surface area contributed by atoms with Gasteiger partial charge in [-0.1, -0.05) is 25.8 Å². The van der Waals surface area contributed by atoms with Crippen LogP contribution in [0.4, 0.5) is 0 Å². The fraction of sp³-hybridized carbons (Fsp3) is 0.722. The van der Waals surface area contributed by atoms with Gasteiger partial charge in [-0.05, 0) is 38.0 Å². The van der Waals surface area contributed by atoms with E-state index in [1.165, 1.54) is 11.3 Å². The Morgan fingerprint density at radius 2 is 1.62 bits per heavy atom. The first-order valence-corrected chi connectivity index (χ1v) is 8.83. The summed E-state index contributed by atoms with van der Waals surface area (Å²) < 4.78 is 0. The molecule has 1 heterocycles. The Labute approximate surface area is 143 Å². The Balaban J connectivity index is 0.000000243. The van der Waals surface area contributed by atoms with E-state index in [4.69, 9.17) is 10.2 Å². The fourth-order valence-corrected chi connectivity index (χ4v) is 3.06. The van der Waals surface area contributed by atoms with Crippen LogP contribution in [0.3, 0.4) is 0 Å². The van der Waals surface area contributed by atoms with Gasteiger partial charge in [0.1, 0.15) is 0 Å². The van der Waals surface area contributed by atoms with Crippen molar-refractivity contribution in [3.8, 4) is 0 Å². The Bertz CT molecular complexity index is 438. The molecule has 0 aromatic rings. The molecule has 1 saturated heterocycles. The lowest BCUT2D eigenvalue weighted by molar-refractivity contribution is -0.148. The summed E-state index contributed by atoms with van der Waals surface area (Å²) in [7, 11) is 0. The summed E-state index contributed by atoms with van der Waals surface area (Å²) in [5.41, 5.74) is 0.407. The number of aliphatic hydroxyl groups excluding tert-OH is 1. The molecular formula is C18H29NO5. The van der Waals surface area contributed by atoms with Gasteiger partial charge < -0.3 is 10.2 Å². The maximum Gasteiger partial charge on any atom is 0.331 e. The monoisotopic (exact) mass is 339 g/mol. The third-order valence-corrected chi connectivity index (χ3v) is 4.55. The van der Waals surface area contributed by atoms with E-state index in [2.05, 4.69) is 6.58 Å². The molecule has 136 valence electrons. The molecule has 1 aliphatic carbocycles. The fourth-order valence-electron chi connectivity index (χ4n) is 3.06. The highest BCUT2D eigenvalue weighted by Crippen LogP contribution is 2.28. The topological polar surface area (TPSA) is 94.9 Å². The first kappa shape index (κ1) is 20.4. The zero-order chi connectivity index (χ0) is 17.9. The first-order chi connectivity index (χ1) is 11.5. The van der Waals surface area contributed by atoms with Gasteiger partial charge in [0.05, 0.1) is 0 Å². The van der Waals surface area contributed by atoms with Gasteiger partial charge in [-0.15, -0.1) is 0 Å². The van der Waals surface area contributed by atoms with Crippen LogP contribution in [0.2, 0.25) is 0 Å². The third-order valence-electron chi connectivity index (χ3n) is 4.55. The lowest BCUT2D eigenvalue weighted by atomic mass is 9.84. The lowest BCUT2D eigenvalue weighted by Crippen LogP contribution is -2.40.